The maximum Gasteiger partial charge on any atom is 0.0207 e. The van der Waals surface area contributed by atoms with Gasteiger partial charge in [-0.05, 0) is 19.8 Å². The third kappa shape index (κ3) is 0.485. The van der Waals surface area contributed by atoms with Crippen LogP contribution < -0.4 is 11.1 Å². The van der Waals surface area contributed by atoms with Gasteiger partial charge in [0.25, 0.3) is 0 Å². The first-order chi connectivity index (χ1) is 4.16. The van der Waals surface area contributed by atoms with Gasteiger partial charge in [0.15, 0.2) is 0 Å². The third-order valence-electron chi connectivity index (χ3n) is 3.26. The molecular weight excluding hydrogens is 112 g/mol. The molecule has 1 spiro atoms. The van der Waals surface area contributed by atoms with Gasteiger partial charge in [0.1, 0.15) is 0 Å². The minimum Gasteiger partial charge on any atom is -0.325 e. The normalized spacial score (nSPS) is 46.0. The molecule has 0 aromatic heterocycles. The van der Waals surface area contributed by atoms with E-state index in [1.165, 1.54) is 12.8 Å². The van der Waals surface area contributed by atoms with Crippen LogP contribution in [0.25, 0.3) is 0 Å². The Bertz CT molecular complexity index is 130. The Balaban J connectivity index is 2.13. The Morgan fingerprint density at radius 3 is 2.00 bits per heavy atom. The molecule has 1 aliphatic carbocycles. The van der Waals surface area contributed by atoms with E-state index in [2.05, 4.69) is 12.2 Å². The maximum absolute atomic E-state index is 6.02. The average molecular weight is 126 g/mol. The van der Waals surface area contributed by atoms with Gasteiger partial charge >= 0.3 is 0 Å². The van der Waals surface area contributed by atoms with Crippen LogP contribution in [-0.2, 0) is 0 Å². The highest BCUT2D eigenvalue weighted by Gasteiger charge is 2.56. The molecule has 1 saturated carbocycles. The van der Waals surface area contributed by atoms with Crippen LogP contribution in [0.1, 0.15) is 19.8 Å². The summed E-state index contributed by atoms with van der Waals surface area (Å²) in [4.78, 5) is 0. The Morgan fingerprint density at radius 2 is 2.00 bits per heavy atom. The first kappa shape index (κ1) is 5.69. The molecule has 0 unspecified atom stereocenters. The van der Waals surface area contributed by atoms with Crippen LogP contribution in [0.3, 0.4) is 0 Å². The van der Waals surface area contributed by atoms with Gasteiger partial charge in [-0.1, -0.05) is 0 Å². The van der Waals surface area contributed by atoms with E-state index in [9.17, 15) is 0 Å². The summed E-state index contributed by atoms with van der Waals surface area (Å²) < 4.78 is 0. The fraction of sp³-hybridized carbons (Fsp3) is 1.00. The lowest BCUT2D eigenvalue weighted by atomic mass is 9.52. The summed E-state index contributed by atoms with van der Waals surface area (Å²) in [5.74, 6) is 0. The SMILES string of the molecule is C[C@]1(N)CCC12CNC2. The van der Waals surface area contributed by atoms with Gasteiger partial charge in [0.05, 0.1) is 0 Å². The predicted molar refractivity (Wildman–Crippen MR) is 37.1 cm³/mol. The van der Waals surface area contributed by atoms with Crippen molar-refractivity contribution in [3.05, 3.63) is 0 Å². The van der Waals surface area contributed by atoms with E-state index < -0.39 is 0 Å². The van der Waals surface area contributed by atoms with E-state index in [0.717, 1.165) is 13.1 Å². The highest BCUT2D eigenvalue weighted by molar-refractivity contribution is 5.15. The summed E-state index contributed by atoms with van der Waals surface area (Å²) in [6.07, 6.45) is 2.56. The van der Waals surface area contributed by atoms with E-state index in [1.807, 2.05) is 0 Å². The molecule has 0 aromatic rings. The highest BCUT2D eigenvalue weighted by Crippen LogP contribution is 2.50. The standard InChI is InChI=1S/C7H14N2/c1-6(8)2-3-7(6)4-9-5-7/h9H,2-5,8H2,1H3/t6-/m0/s1. The zero-order valence-corrected chi connectivity index (χ0v) is 5.91. The predicted octanol–water partition coefficient (Wildman–Crippen LogP) is 0.0872. The van der Waals surface area contributed by atoms with Crippen molar-refractivity contribution in [1.29, 1.82) is 0 Å². The zero-order valence-electron chi connectivity index (χ0n) is 5.91. The minimum absolute atomic E-state index is 0.151. The molecular formula is C7H14N2. The largest absolute Gasteiger partial charge is 0.325 e. The second-order valence-electron chi connectivity index (χ2n) is 3.80. The summed E-state index contributed by atoms with van der Waals surface area (Å²) in [5, 5.41) is 3.28. The van der Waals surface area contributed by atoms with Gasteiger partial charge in [0.2, 0.25) is 0 Å². The molecule has 0 bridgehead atoms. The second kappa shape index (κ2) is 1.32. The number of hydrogen-bond acceptors (Lipinski definition) is 2. The molecule has 2 nitrogen and oxygen atoms in total. The smallest absolute Gasteiger partial charge is 0.0207 e. The van der Waals surface area contributed by atoms with Crippen molar-refractivity contribution in [2.75, 3.05) is 13.1 Å². The lowest BCUT2D eigenvalue weighted by Gasteiger charge is -2.61. The molecule has 3 N–H and O–H groups in total. The molecule has 0 aromatic carbocycles. The van der Waals surface area contributed by atoms with Gasteiger partial charge < -0.3 is 11.1 Å². The molecule has 1 atom stereocenters. The Hall–Kier alpha value is -0.0800. The first-order valence-corrected chi connectivity index (χ1v) is 3.66. The fourth-order valence-corrected chi connectivity index (χ4v) is 1.88. The summed E-state index contributed by atoms with van der Waals surface area (Å²) in [6.45, 7) is 4.48. The fourth-order valence-electron chi connectivity index (χ4n) is 1.88. The monoisotopic (exact) mass is 126 g/mol. The summed E-state index contributed by atoms with van der Waals surface area (Å²) in [6, 6.07) is 0. The molecule has 2 aliphatic rings. The summed E-state index contributed by atoms with van der Waals surface area (Å²) >= 11 is 0. The Labute approximate surface area is 55.8 Å². The van der Waals surface area contributed by atoms with E-state index in [1.54, 1.807) is 0 Å². The Morgan fingerprint density at radius 1 is 1.33 bits per heavy atom. The second-order valence-corrected chi connectivity index (χ2v) is 3.80. The van der Waals surface area contributed by atoms with E-state index in [0.29, 0.717) is 5.41 Å². The molecule has 2 fully saturated rings. The van der Waals surface area contributed by atoms with Crippen LogP contribution in [-0.4, -0.2) is 18.6 Å². The van der Waals surface area contributed by atoms with Crippen molar-refractivity contribution in [2.24, 2.45) is 11.1 Å². The van der Waals surface area contributed by atoms with Crippen LogP contribution in [0.4, 0.5) is 0 Å². The number of rotatable bonds is 0. The van der Waals surface area contributed by atoms with Crippen molar-refractivity contribution in [2.45, 2.75) is 25.3 Å². The minimum atomic E-state index is 0.151. The topological polar surface area (TPSA) is 38.0 Å². The van der Waals surface area contributed by atoms with Crippen LogP contribution in [0.2, 0.25) is 0 Å². The van der Waals surface area contributed by atoms with Crippen molar-refractivity contribution >= 4 is 0 Å². The molecule has 0 radical (unpaired) electrons. The molecule has 9 heavy (non-hydrogen) atoms. The summed E-state index contributed by atoms with van der Waals surface area (Å²) in [7, 11) is 0. The molecule has 1 saturated heterocycles. The van der Waals surface area contributed by atoms with Crippen molar-refractivity contribution < 1.29 is 0 Å². The average Bonchev–Trinajstić information content (AvgIpc) is 1.59. The quantitative estimate of drug-likeness (QED) is 0.482. The zero-order chi connectivity index (χ0) is 6.54. The van der Waals surface area contributed by atoms with Crippen molar-refractivity contribution in [3.63, 3.8) is 0 Å². The van der Waals surface area contributed by atoms with Gasteiger partial charge in [-0.3, -0.25) is 0 Å². The molecule has 2 rings (SSSR count). The molecule has 1 heterocycles. The molecule has 1 aliphatic heterocycles. The van der Waals surface area contributed by atoms with E-state index in [4.69, 9.17) is 5.73 Å². The molecule has 0 amide bonds. The number of nitrogens with one attached hydrogen (secondary N) is 1. The van der Waals surface area contributed by atoms with E-state index in [-0.39, 0.29) is 5.54 Å². The number of nitrogens with two attached hydrogens (primary N) is 1. The van der Waals surface area contributed by atoms with Crippen LogP contribution in [0, 0.1) is 5.41 Å². The number of hydrogen-bond donors (Lipinski definition) is 2. The van der Waals surface area contributed by atoms with Crippen LogP contribution >= 0.6 is 0 Å². The van der Waals surface area contributed by atoms with Crippen LogP contribution in [0.5, 0.6) is 0 Å². The lowest BCUT2D eigenvalue weighted by Crippen LogP contribution is -2.74. The third-order valence-corrected chi connectivity index (χ3v) is 3.26. The Kier molecular flexibility index (Phi) is 0.837. The van der Waals surface area contributed by atoms with E-state index >= 15 is 0 Å². The van der Waals surface area contributed by atoms with Gasteiger partial charge in [-0.15, -0.1) is 0 Å². The molecule has 52 valence electrons. The van der Waals surface area contributed by atoms with Gasteiger partial charge in [-0.2, -0.15) is 0 Å². The van der Waals surface area contributed by atoms with Crippen LogP contribution in [0.15, 0.2) is 0 Å². The van der Waals surface area contributed by atoms with Gasteiger partial charge in [-0.25, -0.2) is 0 Å². The lowest BCUT2D eigenvalue weighted by molar-refractivity contribution is -0.0376. The van der Waals surface area contributed by atoms with Crippen molar-refractivity contribution in [3.8, 4) is 0 Å². The highest BCUT2D eigenvalue weighted by atomic mass is 15.1. The first-order valence-electron chi connectivity index (χ1n) is 3.66. The van der Waals surface area contributed by atoms with Gasteiger partial charge in [0, 0.05) is 24.0 Å². The molecule has 2 heteroatoms. The summed E-state index contributed by atoms with van der Waals surface area (Å²) in [5.41, 5.74) is 6.68. The maximum atomic E-state index is 6.02. The van der Waals surface area contributed by atoms with Crippen molar-refractivity contribution in [1.82, 2.24) is 5.32 Å².